The second-order valence-corrected chi connectivity index (χ2v) is 6.02. The van der Waals surface area contributed by atoms with E-state index in [2.05, 4.69) is 21.2 Å². The van der Waals surface area contributed by atoms with Gasteiger partial charge >= 0.3 is 5.97 Å². The molecule has 1 aromatic rings. The Morgan fingerprint density at radius 2 is 2.24 bits per heavy atom. The lowest BCUT2D eigenvalue weighted by molar-refractivity contribution is -0.148. The maximum absolute atomic E-state index is 12.3. The number of carboxylic acid groups (broad SMARTS) is 1. The molecule has 114 valence electrons. The Hall–Kier alpha value is -1.60. The van der Waals surface area contributed by atoms with Crippen molar-refractivity contribution in [1.82, 2.24) is 5.32 Å². The minimum Gasteiger partial charge on any atom is -0.496 e. The minimum absolute atomic E-state index is 0.0742. The number of methoxy groups -OCH3 is 1. The third kappa shape index (κ3) is 3.03. The maximum atomic E-state index is 12.3. The Morgan fingerprint density at radius 1 is 1.52 bits per heavy atom. The number of ether oxygens (including phenoxy) is 2. The molecule has 1 heterocycles. The molecule has 0 aliphatic carbocycles. The van der Waals surface area contributed by atoms with Crippen LogP contribution in [0.4, 0.5) is 0 Å². The van der Waals surface area contributed by atoms with Crippen molar-refractivity contribution in [1.29, 1.82) is 0 Å². The molecule has 1 aliphatic rings. The van der Waals surface area contributed by atoms with E-state index >= 15 is 0 Å². The summed E-state index contributed by atoms with van der Waals surface area (Å²) in [6.07, 6.45) is 0. The highest BCUT2D eigenvalue weighted by atomic mass is 79.9. The zero-order valence-corrected chi connectivity index (χ0v) is 13.3. The fourth-order valence-corrected chi connectivity index (χ4v) is 2.51. The Bertz CT molecular complexity index is 576. The molecule has 0 spiro atoms. The van der Waals surface area contributed by atoms with Crippen LogP contribution in [0.15, 0.2) is 22.7 Å². The molecule has 0 saturated carbocycles. The van der Waals surface area contributed by atoms with E-state index in [9.17, 15) is 14.7 Å². The lowest BCUT2D eigenvalue weighted by Gasteiger charge is -2.25. The number of halogens is 1. The fourth-order valence-electron chi connectivity index (χ4n) is 2.17. The maximum Gasteiger partial charge on any atom is 0.313 e. The number of hydrogen-bond acceptors (Lipinski definition) is 4. The van der Waals surface area contributed by atoms with Gasteiger partial charge in [0, 0.05) is 4.47 Å². The minimum atomic E-state index is -1.13. The van der Waals surface area contributed by atoms with Gasteiger partial charge in [0.2, 0.25) is 0 Å². The van der Waals surface area contributed by atoms with Gasteiger partial charge in [0.25, 0.3) is 5.91 Å². The summed E-state index contributed by atoms with van der Waals surface area (Å²) in [5.41, 5.74) is -0.779. The zero-order valence-electron chi connectivity index (χ0n) is 11.7. The monoisotopic (exact) mass is 357 g/mol. The summed E-state index contributed by atoms with van der Waals surface area (Å²) in [4.78, 5) is 23.7. The lowest BCUT2D eigenvalue weighted by atomic mass is 9.85. The molecule has 0 radical (unpaired) electrons. The van der Waals surface area contributed by atoms with Crippen LogP contribution in [-0.2, 0) is 9.53 Å². The van der Waals surface area contributed by atoms with E-state index in [0.29, 0.717) is 11.3 Å². The van der Waals surface area contributed by atoms with Gasteiger partial charge in [0.1, 0.15) is 11.2 Å². The number of rotatable bonds is 4. The van der Waals surface area contributed by atoms with E-state index in [0.717, 1.165) is 4.47 Å². The van der Waals surface area contributed by atoms with Crippen LogP contribution < -0.4 is 10.1 Å². The number of carboxylic acids is 1. The molecule has 1 amide bonds. The standard InChI is InChI=1S/C14H16BrNO5/c1-14(13(18)19)7-21-6-11(14)16-12(17)9-4-3-8(15)5-10(9)20-2/h3-5,11H,6-7H2,1-2H3,(H,16,17)(H,18,19). The van der Waals surface area contributed by atoms with E-state index in [1.54, 1.807) is 25.1 Å². The molecule has 2 rings (SSSR count). The third-order valence-corrected chi connectivity index (χ3v) is 4.15. The van der Waals surface area contributed by atoms with Gasteiger partial charge in [-0.05, 0) is 25.1 Å². The van der Waals surface area contributed by atoms with E-state index in [1.807, 2.05) is 0 Å². The molecular formula is C14H16BrNO5. The Kier molecular flexibility index (Phi) is 4.53. The predicted octanol–water partition coefficient (Wildman–Crippen LogP) is 1.68. The van der Waals surface area contributed by atoms with Gasteiger partial charge in [-0.1, -0.05) is 15.9 Å². The molecule has 1 aromatic carbocycles. The van der Waals surface area contributed by atoms with Gasteiger partial charge in [-0.2, -0.15) is 0 Å². The van der Waals surface area contributed by atoms with Crippen molar-refractivity contribution >= 4 is 27.8 Å². The summed E-state index contributed by atoms with van der Waals surface area (Å²) < 4.78 is 11.2. The number of benzene rings is 1. The first kappa shape index (κ1) is 15.8. The molecule has 2 unspecified atom stereocenters. The van der Waals surface area contributed by atoms with Crippen molar-refractivity contribution in [3.63, 3.8) is 0 Å². The van der Waals surface area contributed by atoms with Crippen LogP contribution in [0, 0.1) is 5.41 Å². The normalized spacial score (nSPS) is 24.6. The van der Waals surface area contributed by atoms with Crippen LogP contribution in [-0.4, -0.2) is 43.3 Å². The predicted molar refractivity (Wildman–Crippen MR) is 78.5 cm³/mol. The van der Waals surface area contributed by atoms with Crippen LogP contribution in [0.2, 0.25) is 0 Å². The molecule has 21 heavy (non-hydrogen) atoms. The lowest BCUT2D eigenvalue weighted by Crippen LogP contribution is -2.49. The van der Waals surface area contributed by atoms with Gasteiger partial charge in [-0.3, -0.25) is 9.59 Å². The quantitative estimate of drug-likeness (QED) is 0.856. The van der Waals surface area contributed by atoms with Crippen molar-refractivity contribution in [2.45, 2.75) is 13.0 Å². The highest BCUT2D eigenvalue weighted by Crippen LogP contribution is 2.30. The summed E-state index contributed by atoms with van der Waals surface area (Å²) in [6, 6.07) is 4.43. The molecule has 2 N–H and O–H groups in total. The first-order valence-corrected chi connectivity index (χ1v) is 7.13. The Balaban J connectivity index is 2.20. The van der Waals surface area contributed by atoms with E-state index in [-0.39, 0.29) is 19.1 Å². The SMILES string of the molecule is COc1cc(Br)ccc1C(=O)NC1COCC1(C)C(=O)O. The van der Waals surface area contributed by atoms with Gasteiger partial charge < -0.3 is 19.9 Å². The van der Waals surface area contributed by atoms with Crippen molar-refractivity contribution in [3.8, 4) is 5.75 Å². The van der Waals surface area contributed by atoms with Crippen molar-refractivity contribution < 1.29 is 24.2 Å². The van der Waals surface area contributed by atoms with Gasteiger partial charge in [-0.25, -0.2) is 0 Å². The van der Waals surface area contributed by atoms with Gasteiger partial charge in [0.15, 0.2) is 0 Å². The van der Waals surface area contributed by atoms with E-state index in [4.69, 9.17) is 9.47 Å². The first-order chi connectivity index (χ1) is 9.88. The molecular weight excluding hydrogens is 342 g/mol. The molecule has 0 bridgehead atoms. The summed E-state index contributed by atoms with van der Waals surface area (Å²) in [6.45, 7) is 1.81. The summed E-state index contributed by atoms with van der Waals surface area (Å²) in [5, 5.41) is 12.0. The highest BCUT2D eigenvalue weighted by molar-refractivity contribution is 9.10. The molecule has 1 saturated heterocycles. The number of carbonyl (C=O) groups excluding carboxylic acids is 1. The van der Waals surface area contributed by atoms with Crippen LogP contribution in [0.1, 0.15) is 17.3 Å². The van der Waals surface area contributed by atoms with Crippen molar-refractivity contribution in [2.24, 2.45) is 5.41 Å². The molecule has 0 aromatic heterocycles. The number of carbonyl (C=O) groups is 2. The summed E-state index contributed by atoms with van der Waals surface area (Å²) in [5.74, 6) is -0.965. The van der Waals surface area contributed by atoms with Crippen LogP contribution in [0.25, 0.3) is 0 Å². The number of nitrogens with one attached hydrogen (secondary N) is 1. The number of amides is 1. The zero-order chi connectivity index (χ0) is 15.6. The molecule has 7 heteroatoms. The smallest absolute Gasteiger partial charge is 0.313 e. The summed E-state index contributed by atoms with van der Waals surface area (Å²) >= 11 is 3.30. The van der Waals surface area contributed by atoms with Crippen LogP contribution in [0.5, 0.6) is 5.75 Å². The average Bonchev–Trinajstić information content (AvgIpc) is 2.81. The van der Waals surface area contributed by atoms with Crippen LogP contribution >= 0.6 is 15.9 Å². The highest BCUT2D eigenvalue weighted by Gasteiger charge is 2.47. The first-order valence-electron chi connectivity index (χ1n) is 6.34. The topological polar surface area (TPSA) is 84.9 Å². The van der Waals surface area contributed by atoms with E-state index in [1.165, 1.54) is 7.11 Å². The Morgan fingerprint density at radius 3 is 2.86 bits per heavy atom. The number of hydrogen-bond donors (Lipinski definition) is 2. The van der Waals surface area contributed by atoms with E-state index < -0.39 is 17.4 Å². The Labute approximate surface area is 130 Å². The molecule has 2 atom stereocenters. The second-order valence-electron chi connectivity index (χ2n) is 5.11. The summed E-state index contributed by atoms with van der Waals surface area (Å²) in [7, 11) is 1.47. The van der Waals surface area contributed by atoms with Crippen molar-refractivity contribution in [3.05, 3.63) is 28.2 Å². The average molecular weight is 358 g/mol. The largest absolute Gasteiger partial charge is 0.496 e. The second kappa shape index (κ2) is 6.03. The number of aliphatic carboxylic acids is 1. The third-order valence-electron chi connectivity index (χ3n) is 3.66. The van der Waals surface area contributed by atoms with Crippen molar-refractivity contribution in [2.75, 3.05) is 20.3 Å². The van der Waals surface area contributed by atoms with Gasteiger partial charge in [-0.15, -0.1) is 0 Å². The van der Waals surface area contributed by atoms with Gasteiger partial charge in [0.05, 0.1) is 31.9 Å². The molecule has 6 nitrogen and oxygen atoms in total. The van der Waals surface area contributed by atoms with Crippen LogP contribution in [0.3, 0.4) is 0 Å². The molecule has 1 fully saturated rings. The molecule has 1 aliphatic heterocycles. The fraction of sp³-hybridized carbons (Fsp3) is 0.429.